The molecule has 2 saturated heterocycles. The van der Waals surface area contributed by atoms with Gasteiger partial charge in [-0.2, -0.15) is 9.97 Å². The van der Waals surface area contributed by atoms with Gasteiger partial charge in [0, 0.05) is 11.8 Å². The predicted octanol–water partition coefficient (Wildman–Crippen LogP) is 2.13. The Morgan fingerprint density at radius 1 is 1.17 bits per heavy atom. The number of ether oxygens (including phenoxy) is 4. The number of halogens is 2. The van der Waals surface area contributed by atoms with E-state index in [1.165, 1.54) is 6.07 Å². The van der Waals surface area contributed by atoms with Gasteiger partial charge in [-0.05, 0) is 36.6 Å². The fraction of sp³-hybridized carbons (Fsp3) is 0.455. The lowest BCUT2D eigenvalue weighted by Gasteiger charge is -2.16. The first-order valence-electron chi connectivity index (χ1n) is 11.0. The first-order valence-corrected chi connectivity index (χ1v) is 13.3. The van der Waals surface area contributed by atoms with Gasteiger partial charge in [0.2, 0.25) is 5.88 Å². The Morgan fingerprint density at radius 2 is 1.97 bits per heavy atom. The van der Waals surface area contributed by atoms with Crippen molar-refractivity contribution < 1.29 is 36.9 Å². The second-order valence-corrected chi connectivity index (χ2v) is 11.3. The molecule has 0 amide bonds. The average Bonchev–Trinajstić information content (AvgIpc) is 3.54. The van der Waals surface area contributed by atoms with Gasteiger partial charge in [-0.1, -0.05) is 11.6 Å². The number of hydrogen-bond acceptors (Lipinski definition) is 9. The minimum Gasteiger partial charge on any atom is -0.468 e. The van der Waals surface area contributed by atoms with Crippen molar-refractivity contribution in [3.05, 3.63) is 40.2 Å². The zero-order valence-electron chi connectivity index (χ0n) is 18.4. The van der Waals surface area contributed by atoms with Crippen LogP contribution in [-0.2, 0) is 25.7 Å². The van der Waals surface area contributed by atoms with Gasteiger partial charge in [0.15, 0.2) is 21.6 Å². The Bertz CT molecular complexity index is 1430. The number of aliphatic hydroxyl groups is 1. The number of aliphatic hydroxyl groups excluding tert-OH is 1. The molecule has 0 radical (unpaired) electrons. The molecule has 2 N–H and O–H groups in total. The third-order valence-corrected chi connectivity index (χ3v) is 7.85. The molecule has 5 atom stereocenters. The van der Waals surface area contributed by atoms with Crippen LogP contribution in [0.4, 0.5) is 4.39 Å². The van der Waals surface area contributed by atoms with Crippen LogP contribution in [0.15, 0.2) is 23.1 Å². The van der Waals surface area contributed by atoms with Crippen LogP contribution < -0.4 is 9.47 Å². The molecule has 6 rings (SSSR count). The van der Waals surface area contributed by atoms with E-state index in [1.807, 2.05) is 0 Å². The van der Waals surface area contributed by atoms with Crippen LogP contribution in [0.25, 0.3) is 11.2 Å². The van der Waals surface area contributed by atoms with Crippen molar-refractivity contribution in [2.75, 3.05) is 19.5 Å². The Kier molecular flexibility index (Phi) is 5.42. The molecule has 0 bridgehead atoms. The van der Waals surface area contributed by atoms with Gasteiger partial charge in [0.25, 0.3) is 6.01 Å². The number of nitrogens with one attached hydrogen (secondary N) is 1. The van der Waals surface area contributed by atoms with E-state index in [4.69, 9.17) is 30.5 Å². The number of imidazole rings is 1. The highest BCUT2D eigenvalue weighted by atomic mass is 35.5. The quantitative estimate of drug-likeness (QED) is 0.514. The number of nitrogens with zero attached hydrogens (tertiary/aromatic N) is 2. The summed E-state index contributed by atoms with van der Waals surface area (Å²) in [5.74, 6) is -0.567. The summed E-state index contributed by atoms with van der Waals surface area (Å²) in [6, 6.07) is 4.26. The van der Waals surface area contributed by atoms with Crippen molar-refractivity contribution >= 4 is 32.6 Å². The van der Waals surface area contributed by atoms with Crippen molar-refractivity contribution in [3.63, 3.8) is 0 Å². The Labute approximate surface area is 204 Å². The van der Waals surface area contributed by atoms with Gasteiger partial charge in [-0.3, -0.25) is 0 Å². The molecule has 1 aliphatic carbocycles. The third-order valence-electron chi connectivity index (χ3n) is 6.49. The minimum atomic E-state index is -3.53. The summed E-state index contributed by atoms with van der Waals surface area (Å²) in [5.41, 5.74) is 1.68. The van der Waals surface area contributed by atoms with Gasteiger partial charge in [-0.25, -0.2) is 12.8 Å². The first kappa shape index (κ1) is 22.9. The van der Waals surface area contributed by atoms with Crippen LogP contribution in [0.5, 0.6) is 11.9 Å². The summed E-state index contributed by atoms with van der Waals surface area (Å²) in [6.07, 6.45) is -0.681. The van der Waals surface area contributed by atoms with E-state index >= 15 is 0 Å². The second-order valence-electron chi connectivity index (χ2n) is 8.90. The minimum absolute atomic E-state index is 0.0625. The maximum absolute atomic E-state index is 14.8. The molecule has 0 saturated carbocycles. The standard InChI is InChI=1S/C22H21ClFN3O7S/c1-35(29,30)10-4-9-2-3-15(17(9)12(24)5-10)33-21-11(23)6-13-20(26-21)27-22(25-13)34-16-8-32-18-14(28)7-31-19(16)18/h4-6,14-16,18-19,28H,2-3,7-8H2,1H3,(H,25,26,27)/t14-,15?,16-,18-,19-/m1/s1. The fourth-order valence-electron chi connectivity index (χ4n) is 4.82. The summed E-state index contributed by atoms with van der Waals surface area (Å²) in [5, 5.41) is 10.1. The zero-order valence-corrected chi connectivity index (χ0v) is 20.0. The van der Waals surface area contributed by atoms with Crippen LogP contribution in [0.1, 0.15) is 23.7 Å². The first-order chi connectivity index (χ1) is 16.7. The third kappa shape index (κ3) is 4.02. The summed E-state index contributed by atoms with van der Waals surface area (Å²) >= 11 is 6.39. The average molecular weight is 526 g/mol. The Morgan fingerprint density at radius 3 is 2.77 bits per heavy atom. The summed E-state index contributed by atoms with van der Waals surface area (Å²) in [4.78, 5) is 11.6. The molecule has 2 aliphatic heterocycles. The molecule has 0 spiro atoms. The van der Waals surface area contributed by atoms with Gasteiger partial charge in [-0.15, -0.1) is 0 Å². The Hall–Kier alpha value is -2.51. The van der Waals surface area contributed by atoms with E-state index in [0.29, 0.717) is 29.5 Å². The Balaban J connectivity index is 1.23. The SMILES string of the molecule is CS(=O)(=O)c1cc(F)c2c(c1)CCC2Oc1nc2nc(O[C@@H]3CO[C@H]4[C@@H]3OC[C@H]4O)[nH]c2cc1Cl. The zero-order chi connectivity index (χ0) is 24.5. The number of aromatic nitrogens is 3. The molecule has 4 heterocycles. The lowest BCUT2D eigenvalue weighted by atomic mass is 10.1. The van der Waals surface area contributed by atoms with Gasteiger partial charge in [0.05, 0.1) is 23.6 Å². The van der Waals surface area contributed by atoms with E-state index in [2.05, 4.69) is 15.0 Å². The number of aromatic amines is 1. The van der Waals surface area contributed by atoms with Crippen molar-refractivity contribution in [1.82, 2.24) is 15.0 Å². The smallest absolute Gasteiger partial charge is 0.296 e. The monoisotopic (exact) mass is 525 g/mol. The fourth-order valence-corrected chi connectivity index (χ4v) is 5.69. The van der Waals surface area contributed by atoms with Gasteiger partial charge in [0.1, 0.15) is 35.3 Å². The molecule has 1 unspecified atom stereocenters. The van der Waals surface area contributed by atoms with Crippen LogP contribution in [0.3, 0.4) is 0 Å². The number of aryl methyl sites for hydroxylation is 1. The van der Waals surface area contributed by atoms with E-state index in [-0.39, 0.29) is 40.7 Å². The van der Waals surface area contributed by atoms with Crippen LogP contribution in [0.2, 0.25) is 5.02 Å². The number of pyridine rings is 1. The highest BCUT2D eigenvalue weighted by molar-refractivity contribution is 7.90. The van der Waals surface area contributed by atoms with Crippen molar-refractivity contribution in [1.29, 1.82) is 0 Å². The summed E-state index contributed by atoms with van der Waals surface area (Å²) in [6.45, 7) is 0.438. The highest BCUT2D eigenvalue weighted by Gasteiger charge is 2.48. The molecule has 2 aromatic heterocycles. The maximum atomic E-state index is 14.8. The van der Waals surface area contributed by atoms with E-state index in [9.17, 15) is 17.9 Å². The molecular formula is C22H21ClFN3O7S. The molecule has 13 heteroatoms. The summed E-state index contributed by atoms with van der Waals surface area (Å²) in [7, 11) is -3.53. The lowest BCUT2D eigenvalue weighted by molar-refractivity contribution is 0.00706. The highest BCUT2D eigenvalue weighted by Crippen LogP contribution is 2.40. The molecule has 3 aliphatic rings. The summed E-state index contributed by atoms with van der Waals surface area (Å²) < 4.78 is 61.5. The number of fused-ring (bicyclic) bond motifs is 3. The second kappa shape index (κ2) is 8.27. The molecule has 186 valence electrons. The van der Waals surface area contributed by atoms with E-state index < -0.39 is 46.2 Å². The van der Waals surface area contributed by atoms with Gasteiger partial charge < -0.3 is 29.0 Å². The van der Waals surface area contributed by atoms with Crippen molar-refractivity contribution in [2.45, 2.75) is 48.3 Å². The number of rotatable bonds is 5. The number of benzene rings is 1. The predicted molar refractivity (Wildman–Crippen MR) is 120 cm³/mol. The molecule has 35 heavy (non-hydrogen) atoms. The number of hydrogen-bond donors (Lipinski definition) is 2. The molecular weight excluding hydrogens is 505 g/mol. The number of sulfone groups is 1. The number of H-pyrrole nitrogens is 1. The maximum Gasteiger partial charge on any atom is 0.296 e. The lowest BCUT2D eigenvalue weighted by Crippen LogP contribution is -2.34. The molecule has 10 nitrogen and oxygen atoms in total. The normalized spacial score (nSPS) is 27.8. The largest absolute Gasteiger partial charge is 0.468 e. The van der Waals surface area contributed by atoms with Gasteiger partial charge >= 0.3 is 0 Å². The van der Waals surface area contributed by atoms with E-state index in [1.54, 1.807) is 6.07 Å². The topological polar surface area (TPSA) is 133 Å². The van der Waals surface area contributed by atoms with E-state index in [0.717, 1.165) is 12.3 Å². The van der Waals surface area contributed by atoms with Crippen molar-refractivity contribution in [2.24, 2.45) is 0 Å². The molecule has 1 aromatic carbocycles. The van der Waals surface area contributed by atoms with Crippen LogP contribution in [-0.4, -0.2) is 72.4 Å². The van der Waals surface area contributed by atoms with Crippen LogP contribution in [0, 0.1) is 5.82 Å². The van der Waals surface area contributed by atoms with Crippen LogP contribution >= 0.6 is 11.6 Å². The molecule has 3 aromatic rings. The van der Waals surface area contributed by atoms with Crippen molar-refractivity contribution in [3.8, 4) is 11.9 Å². The molecule has 2 fully saturated rings.